The van der Waals surface area contributed by atoms with E-state index in [9.17, 15) is 4.79 Å². The predicted octanol–water partition coefficient (Wildman–Crippen LogP) is 3.68. The Labute approximate surface area is 164 Å². The maximum absolute atomic E-state index is 11.3. The summed E-state index contributed by atoms with van der Waals surface area (Å²) in [7, 11) is 0. The Morgan fingerprint density at radius 2 is 1.46 bits per heavy atom. The van der Waals surface area contributed by atoms with Gasteiger partial charge in [0.15, 0.2) is 0 Å². The second-order valence-corrected chi connectivity index (χ2v) is 6.80. The van der Waals surface area contributed by atoms with Crippen LogP contribution in [0.25, 0.3) is 0 Å². The highest BCUT2D eigenvalue weighted by atomic mass is 16.2. The zero-order valence-corrected chi connectivity index (χ0v) is 15.4. The van der Waals surface area contributed by atoms with Crippen LogP contribution in [0.1, 0.15) is 22.7 Å². The number of benzene rings is 3. The maximum atomic E-state index is 11.3. The van der Waals surface area contributed by atoms with Crippen LogP contribution in [0, 0.1) is 0 Å². The van der Waals surface area contributed by atoms with Gasteiger partial charge in [-0.3, -0.25) is 4.90 Å². The Kier molecular flexibility index (Phi) is 5.17. The quantitative estimate of drug-likeness (QED) is 0.395. The first-order chi connectivity index (χ1) is 13.7. The van der Waals surface area contributed by atoms with Crippen LogP contribution in [0.3, 0.4) is 0 Å². The van der Waals surface area contributed by atoms with Crippen molar-refractivity contribution in [3.63, 3.8) is 0 Å². The molecule has 0 aliphatic carbocycles. The summed E-state index contributed by atoms with van der Waals surface area (Å²) in [5.74, 6) is 0. The van der Waals surface area contributed by atoms with Crippen LogP contribution in [0.5, 0.6) is 0 Å². The summed E-state index contributed by atoms with van der Waals surface area (Å²) in [5.41, 5.74) is 11.9. The Morgan fingerprint density at radius 3 is 2.07 bits per heavy atom. The molecule has 3 aromatic carbocycles. The van der Waals surface area contributed by atoms with Gasteiger partial charge in [0.05, 0.1) is 17.8 Å². The van der Waals surface area contributed by atoms with Gasteiger partial charge in [-0.15, -0.1) is 0 Å². The Hall–Kier alpha value is -3.44. The van der Waals surface area contributed by atoms with Gasteiger partial charge in [0.25, 0.3) is 0 Å². The Bertz CT molecular complexity index is 958. The molecule has 0 radical (unpaired) electrons. The number of hydrogen-bond donors (Lipinski definition) is 2. The SMILES string of the molecule is NC(=O)N/N=C(/c1ccccc1)C1C(c2ccccc2)N1Cc1ccccc1. The number of rotatable bonds is 6. The lowest BCUT2D eigenvalue weighted by Crippen LogP contribution is -2.28. The number of carbonyl (C=O) groups excluding carboxylic acids is 1. The molecule has 1 aliphatic rings. The smallest absolute Gasteiger partial charge is 0.332 e. The van der Waals surface area contributed by atoms with Crippen LogP contribution < -0.4 is 11.2 Å². The van der Waals surface area contributed by atoms with Gasteiger partial charge in [0.1, 0.15) is 0 Å². The lowest BCUT2D eigenvalue weighted by atomic mass is 10.0. The van der Waals surface area contributed by atoms with Crippen molar-refractivity contribution in [3.8, 4) is 0 Å². The Morgan fingerprint density at radius 1 is 0.893 bits per heavy atom. The number of urea groups is 1. The van der Waals surface area contributed by atoms with E-state index in [2.05, 4.69) is 39.7 Å². The van der Waals surface area contributed by atoms with Crippen LogP contribution in [-0.2, 0) is 6.54 Å². The highest BCUT2D eigenvalue weighted by Crippen LogP contribution is 2.46. The van der Waals surface area contributed by atoms with Gasteiger partial charge in [0.2, 0.25) is 0 Å². The molecule has 1 aliphatic heterocycles. The zero-order valence-electron chi connectivity index (χ0n) is 15.4. The number of amides is 2. The minimum Gasteiger partial charge on any atom is -0.350 e. The van der Waals surface area contributed by atoms with Crippen molar-refractivity contribution in [2.45, 2.75) is 18.6 Å². The van der Waals surface area contributed by atoms with Crippen LogP contribution in [-0.4, -0.2) is 22.7 Å². The van der Waals surface area contributed by atoms with Crippen molar-refractivity contribution in [3.05, 3.63) is 108 Å². The molecule has 5 nitrogen and oxygen atoms in total. The molecular formula is C23H22N4O. The van der Waals surface area contributed by atoms with Gasteiger partial charge < -0.3 is 5.73 Å². The monoisotopic (exact) mass is 370 g/mol. The van der Waals surface area contributed by atoms with Crippen molar-refractivity contribution in [1.82, 2.24) is 10.3 Å². The molecule has 28 heavy (non-hydrogen) atoms. The van der Waals surface area contributed by atoms with Crippen LogP contribution in [0.2, 0.25) is 0 Å². The van der Waals surface area contributed by atoms with Gasteiger partial charge in [-0.1, -0.05) is 91.0 Å². The normalized spacial score (nSPS) is 21.1. The number of hydrazone groups is 1. The molecule has 3 atom stereocenters. The lowest BCUT2D eigenvalue weighted by Gasteiger charge is -2.08. The average Bonchev–Trinajstić information content (AvgIpc) is 3.43. The van der Waals surface area contributed by atoms with E-state index in [4.69, 9.17) is 5.73 Å². The molecule has 1 heterocycles. The van der Waals surface area contributed by atoms with Gasteiger partial charge in [-0.05, 0) is 16.7 Å². The average molecular weight is 370 g/mol. The summed E-state index contributed by atoms with van der Waals surface area (Å²) in [6.45, 7) is 0.799. The van der Waals surface area contributed by atoms with Gasteiger partial charge >= 0.3 is 6.03 Å². The number of carbonyl (C=O) groups is 1. The number of nitrogens with one attached hydrogen (secondary N) is 1. The topological polar surface area (TPSA) is 70.5 Å². The highest BCUT2D eigenvalue weighted by molar-refractivity contribution is 6.07. The van der Waals surface area contributed by atoms with Crippen molar-refractivity contribution in [1.29, 1.82) is 0 Å². The highest BCUT2D eigenvalue weighted by Gasteiger charge is 2.51. The summed E-state index contributed by atoms with van der Waals surface area (Å²) < 4.78 is 0. The molecule has 1 fully saturated rings. The second-order valence-electron chi connectivity index (χ2n) is 6.80. The molecule has 3 aromatic rings. The summed E-state index contributed by atoms with van der Waals surface area (Å²) >= 11 is 0. The molecule has 4 rings (SSSR count). The van der Waals surface area contributed by atoms with Gasteiger partial charge in [0, 0.05) is 6.54 Å². The van der Waals surface area contributed by atoms with E-state index < -0.39 is 6.03 Å². The third-order valence-corrected chi connectivity index (χ3v) is 4.91. The molecule has 5 heteroatoms. The minimum atomic E-state index is -0.667. The van der Waals surface area contributed by atoms with Crippen LogP contribution >= 0.6 is 0 Å². The largest absolute Gasteiger partial charge is 0.350 e. The molecule has 1 saturated heterocycles. The van der Waals surface area contributed by atoms with Gasteiger partial charge in [-0.2, -0.15) is 5.10 Å². The molecule has 0 aromatic heterocycles. The van der Waals surface area contributed by atoms with Crippen molar-refractivity contribution in [2.75, 3.05) is 0 Å². The first-order valence-electron chi connectivity index (χ1n) is 9.27. The van der Waals surface area contributed by atoms with Crippen molar-refractivity contribution in [2.24, 2.45) is 10.8 Å². The third kappa shape index (κ3) is 3.94. The van der Waals surface area contributed by atoms with E-state index >= 15 is 0 Å². The van der Waals surface area contributed by atoms with Crippen LogP contribution in [0.4, 0.5) is 4.79 Å². The predicted molar refractivity (Wildman–Crippen MR) is 111 cm³/mol. The molecule has 0 saturated carbocycles. The van der Waals surface area contributed by atoms with Crippen molar-refractivity contribution < 1.29 is 4.79 Å². The van der Waals surface area contributed by atoms with E-state index in [1.165, 1.54) is 11.1 Å². The molecule has 3 N–H and O–H groups in total. The fourth-order valence-corrected chi connectivity index (χ4v) is 3.62. The van der Waals surface area contributed by atoms with E-state index in [1.54, 1.807) is 0 Å². The minimum absolute atomic E-state index is 0.0526. The molecular weight excluding hydrogens is 348 g/mol. The Balaban J connectivity index is 1.69. The summed E-state index contributed by atoms with van der Waals surface area (Å²) in [6, 6.07) is 30.2. The fourth-order valence-electron chi connectivity index (χ4n) is 3.62. The first kappa shape index (κ1) is 17.9. The second kappa shape index (κ2) is 8.06. The standard InChI is InChI=1S/C23H22N4O/c24-23(28)26-25-20(18-12-6-2-7-13-18)22-21(19-14-8-3-9-15-19)27(22)16-17-10-4-1-5-11-17/h1-15,21-22H,16H2,(H3,24,26,28)/b25-20-. The molecule has 2 amide bonds. The first-order valence-corrected chi connectivity index (χ1v) is 9.27. The number of nitrogens with two attached hydrogens (primary N) is 1. The van der Waals surface area contributed by atoms with E-state index in [0.29, 0.717) is 0 Å². The van der Waals surface area contributed by atoms with Crippen LogP contribution in [0.15, 0.2) is 96.1 Å². The lowest BCUT2D eigenvalue weighted by molar-refractivity contribution is 0.249. The molecule has 140 valence electrons. The number of primary amides is 1. The van der Waals surface area contributed by atoms with E-state index in [0.717, 1.165) is 17.8 Å². The third-order valence-electron chi connectivity index (χ3n) is 4.91. The number of nitrogens with zero attached hydrogens (tertiary/aromatic N) is 2. The maximum Gasteiger partial charge on any atom is 0.332 e. The van der Waals surface area contributed by atoms with E-state index in [-0.39, 0.29) is 12.1 Å². The molecule has 0 spiro atoms. The molecule has 0 bridgehead atoms. The summed E-state index contributed by atoms with van der Waals surface area (Å²) in [6.07, 6.45) is 0. The summed E-state index contributed by atoms with van der Waals surface area (Å²) in [4.78, 5) is 13.7. The summed E-state index contributed by atoms with van der Waals surface area (Å²) in [5, 5.41) is 4.37. The van der Waals surface area contributed by atoms with Crippen molar-refractivity contribution >= 4 is 11.7 Å². The van der Waals surface area contributed by atoms with E-state index in [1.807, 2.05) is 66.7 Å². The zero-order chi connectivity index (χ0) is 19.3. The fraction of sp³-hybridized carbons (Fsp3) is 0.130. The van der Waals surface area contributed by atoms with Gasteiger partial charge in [-0.25, -0.2) is 10.2 Å². The molecule has 3 unspecified atom stereocenters. The number of hydrogen-bond acceptors (Lipinski definition) is 3.